The molecule has 0 aliphatic carbocycles. The molecule has 0 rings (SSSR count). The van der Waals surface area contributed by atoms with Crippen molar-refractivity contribution in [3.05, 3.63) is 24.3 Å². The van der Waals surface area contributed by atoms with Gasteiger partial charge in [0, 0.05) is 26.1 Å². The zero-order chi connectivity index (χ0) is 29.1. The van der Waals surface area contributed by atoms with Gasteiger partial charge in [0.2, 0.25) is 0 Å². The van der Waals surface area contributed by atoms with Crippen LogP contribution >= 0.6 is 0 Å². The molecule has 0 saturated carbocycles. The third-order valence-corrected chi connectivity index (χ3v) is 5.85. The highest BCUT2D eigenvalue weighted by atomic mass is 16.7. The van der Waals surface area contributed by atoms with Gasteiger partial charge in [0.05, 0.1) is 19.6 Å². The summed E-state index contributed by atoms with van der Waals surface area (Å²) in [7, 11) is 0. The van der Waals surface area contributed by atoms with Crippen molar-refractivity contribution < 1.29 is 43.5 Å². The quantitative estimate of drug-likeness (QED) is 0.0593. The van der Waals surface area contributed by atoms with Gasteiger partial charge in [0.15, 0.2) is 6.29 Å². The van der Waals surface area contributed by atoms with Gasteiger partial charge in [-0.2, -0.15) is 0 Å². The third kappa shape index (κ3) is 21.3. The zero-order valence-corrected chi connectivity index (χ0v) is 24.3. The molecule has 0 aromatic carbocycles. The minimum Gasteiger partial charge on any atom is -0.481 e. The predicted molar refractivity (Wildman–Crippen MR) is 150 cm³/mol. The molecule has 0 aliphatic heterocycles. The summed E-state index contributed by atoms with van der Waals surface area (Å²) >= 11 is 0. The van der Waals surface area contributed by atoms with Crippen LogP contribution in [0.15, 0.2) is 24.3 Å². The SMILES string of the molecule is CC/C=C\CCCCOC(CCC(=O)OC(CCC(=O)O)C(CO)C(=O)OCCC)OCCCC/C=C\CC. The predicted octanol–water partition coefficient (Wildman–Crippen LogP) is 5.74. The fraction of sp³-hybridized carbons (Fsp3) is 0.767. The van der Waals surface area contributed by atoms with Crippen LogP contribution in [0.5, 0.6) is 0 Å². The van der Waals surface area contributed by atoms with Gasteiger partial charge in [-0.3, -0.25) is 14.4 Å². The summed E-state index contributed by atoms with van der Waals surface area (Å²) in [5.74, 6) is -3.56. The van der Waals surface area contributed by atoms with Gasteiger partial charge in [-0.1, -0.05) is 45.1 Å². The molecule has 2 atom stereocenters. The van der Waals surface area contributed by atoms with E-state index < -0.39 is 42.8 Å². The summed E-state index contributed by atoms with van der Waals surface area (Å²) in [4.78, 5) is 36.1. The summed E-state index contributed by atoms with van der Waals surface area (Å²) in [6, 6.07) is 0. The fourth-order valence-electron chi connectivity index (χ4n) is 3.67. The monoisotopic (exact) mass is 556 g/mol. The highest BCUT2D eigenvalue weighted by Crippen LogP contribution is 2.18. The number of hydrogen-bond donors (Lipinski definition) is 2. The molecule has 0 saturated heterocycles. The zero-order valence-electron chi connectivity index (χ0n) is 24.3. The molecule has 2 N–H and O–H groups in total. The van der Waals surface area contributed by atoms with Crippen LogP contribution in [-0.4, -0.2) is 66.9 Å². The Hall–Kier alpha value is -2.23. The first kappa shape index (κ1) is 36.8. The van der Waals surface area contributed by atoms with Crippen molar-refractivity contribution >= 4 is 17.9 Å². The minimum atomic E-state index is -1.15. The number of rotatable bonds is 26. The average Bonchev–Trinajstić information content (AvgIpc) is 2.92. The van der Waals surface area contributed by atoms with E-state index in [0.717, 1.165) is 51.4 Å². The second kappa shape index (κ2) is 26.0. The van der Waals surface area contributed by atoms with Gasteiger partial charge >= 0.3 is 17.9 Å². The Kier molecular flexibility index (Phi) is 24.5. The van der Waals surface area contributed by atoms with Crippen molar-refractivity contribution in [2.24, 2.45) is 5.92 Å². The van der Waals surface area contributed by atoms with E-state index in [4.69, 9.17) is 24.1 Å². The van der Waals surface area contributed by atoms with Crippen LogP contribution < -0.4 is 0 Å². The number of aliphatic carboxylic acids is 1. The number of carbonyl (C=O) groups is 3. The fourth-order valence-corrected chi connectivity index (χ4v) is 3.67. The second-order valence-corrected chi connectivity index (χ2v) is 9.38. The lowest BCUT2D eigenvalue weighted by Crippen LogP contribution is -2.37. The highest BCUT2D eigenvalue weighted by molar-refractivity contribution is 5.75. The molecule has 0 aromatic heterocycles. The van der Waals surface area contributed by atoms with Crippen molar-refractivity contribution in [1.82, 2.24) is 0 Å². The number of aliphatic hydroxyl groups excluding tert-OH is 1. The Bertz CT molecular complexity index is 666. The largest absolute Gasteiger partial charge is 0.481 e. The Labute approximate surface area is 234 Å². The molecule has 0 radical (unpaired) electrons. The summed E-state index contributed by atoms with van der Waals surface area (Å²) in [6.45, 7) is 6.60. The smallest absolute Gasteiger partial charge is 0.315 e. The van der Waals surface area contributed by atoms with Gasteiger partial charge in [-0.15, -0.1) is 0 Å². The Morgan fingerprint density at radius 1 is 0.769 bits per heavy atom. The van der Waals surface area contributed by atoms with Gasteiger partial charge < -0.3 is 29.2 Å². The lowest BCUT2D eigenvalue weighted by molar-refractivity contribution is -0.171. The standard InChI is InChI=1S/C30H52O9/c1-4-7-9-11-13-15-22-36-29(37-23-16-14-12-10-8-5-2)20-19-28(34)39-26(17-18-27(32)33)25(24-31)30(35)38-21-6-3/h7-10,25-26,29,31H,4-6,11-24H2,1-3H3,(H,32,33)/b9-7-,10-8-. The molecular weight excluding hydrogens is 504 g/mol. The molecule has 0 heterocycles. The third-order valence-electron chi connectivity index (χ3n) is 5.85. The lowest BCUT2D eigenvalue weighted by Gasteiger charge is -2.24. The number of hydrogen-bond acceptors (Lipinski definition) is 8. The van der Waals surface area contributed by atoms with Crippen LogP contribution in [-0.2, 0) is 33.3 Å². The first-order chi connectivity index (χ1) is 18.9. The molecule has 0 spiro atoms. The van der Waals surface area contributed by atoms with E-state index in [0.29, 0.717) is 19.6 Å². The van der Waals surface area contributed by atoms with Gasteiger partial charge in [-0.05, 0) is 64.2 Å². The summed E-state index contributed by atoms with van der Waals surface area (Å²) in [5, 5.41) is 18.8. The Morgan fingerprint density at radius 2 is 1.36 bits per heavy atom. The van der Waals surface area contributed by atoms with E-state index in [9.17, 15) is 19.5 Å². The van der Waals surface area contributed by atoms with Crippen LogP contribution in [0, 0.1) is 5.92 Å². The second-order valence-electron chi connectivity index (χ2n) is 9.38. The van der Waals surface area contributed by atoms with Crippen LogP contribution in [0.4, 0.5) is 0 Å². The number of carbonyl (C=O) groups excluding carboxylic acids is 2. The molecule has 39 heavy (non-hydrogen) atoms. The number of carboxylic acids is 1. The van der Waals surface area contributed by atoms with Gasteiger partial charge in [-0.25, -0.2) is 0 Å². The van der Waals surface area contributed by atoms with E-state index in [-0.39, 0.29) is 32.3 Å². The number of aliphatic hydroxyl groups is 1. The molecular formula is C30H52O9. The molecule has 0 bridgehead atoms. The molecule has 226 valence electrons. The minimum absolute atomic E-state index is 0.0329. The van der Waals surface area contributed by atoms with E-state index in [1.165, 1.54) is 0 Å². The van der Waals surface area contributed by atoms with Crippen molar-refractivity contribution in [2.75, 3.05) is 26.4 Å². The molecule has 9 nitrogen and oxygen atoms in total. The summed E-state index contributed by atoms with van der Waals surface area (Å²) in [6.07, 6.45) is 15.1. The topological polar surface area (TPSA) is 129 Å². The molecule has 2 unspecified atom stereocenters. The van der Waals surface area contributed by atoms with E-state index in [2.05, 4.69) is 38.2 Å². The van der Waals surface area contributed by atoms with Crippen molar-refractivity contribution in [3.8, 4) is 0 Å². The van der Waals surface area contributed by atoms with Crippen LogP contribution in [0.2, 0.25) is 0 Å². The van der Waals surface area contributed by atoms with Crippen LogP contribution in [0.1, 0.15) is 104 Å². The number of allylic oxidation sites excluding steroid dienone is 4. The van der Waals surface area contributed by atoms with Gasteiger partial charge in [0.1, 0.15) is 12.0 Å². The maximum absolute atomic E-state index is 12.7. The Balaban J connectivity index is 4.95. The Morgan fingerprint density at radius 3 is 1.85 bits per heavy atom. The first-order valence-electron chi connectivity index (χ1n) is 14.6. The average molecular weight is 557 g/mol. The number of unbranched alkanes of at least 4 members (excludes halogenated alkanes) is 4. The summed E-state index contributed by atoms with van der Waals surface area (Å²) < 4.78 is 22.4. The molecule has 0 fully saturated rings. The maximum Gasteiger partial charge on any atom is 0.315 e. The molecule has 0 aromatic rings. The van der Waals surface area contributed by atoms with E-state index >= 15 is 0 Å². The normalized spacial score (nSPS) is 13.3. The molecule has 9 heteroatoms. The number of carboxylic acid groups (broad SMARTS) is 1. The lowest BCUT2D eigenvalue weighted by atomic mass is 9.99. The molecule has 0 amide bonds. The summed E-state index contributed by atoms with van der Waals surface area (Å²) in [5.41, 5.74) is 0. The van der Waals surface area contributed by atoms with Crippen molar-refractivity contribution in [3.63, 3.8) is 0 Å². The first-order valence-corrected chi connectivity index (χ1v) is 14.6. The number of ether oxygens (including phenoxy) is 4. The van der Waals surface area contributed by atoms with Crippen LogP contribution in [0.25, 0.3) is 0 Å². The van der Waals surface area contributed by atoms with Crippen molar-refractivity contribution in [2.45, 2.75) is 117 Å². The maximum atomic E-state index is 12.7. The van der Waals surface area contributed by atoms with Crippen LogP contribution in [0.3, 0.4) is 0 Å². The van der Waals surface area contributed by atoms with E-state index in [1.54, 1.807) is 0 Å². The van der Waals surface area contributed by atoms with E-state index in [1.807, 2.05) is 6.92 Å². The number of esters is 2. The highest BCUT2D eigenvalue weighted by Gasteiger charge is 2.32. The molecule has 0 aliphatic rings. The van der Waals surface area contributed by atoms with Crippen molar-refractivity contribution in [1.29, 1.82) is 0 Å². The van der Waals surface area contributed by atoms with Gasteiger partial charge in [0.25, 0.3) is 0 Å².